The average molecular weight is 487 g/mol. The lowest BCUT2D eigenvalue weighted by atomic mass is 9.99. The van der Waals surface area contributed by atoms with Crippen LogP contribution in [0.5, 0.6) is 23.0 Å². The van der Waals surface area contributed by atoms with Gasteiger partial charge in [-0.25, -0.2) is 4.39 Å². The highest BCUT2D eigenvalue weighted by molar-refractivity contribution is 5.72. The lowest BCUT2D eigenvalue weighted by Gasteiger charge is -2.16. The van der Waals surface area contributed by atoms with Gasteiger partial charge in [0.25, 0.3) is 0 Å². The molecule has 0 saturated carbocycles. The Labute approximate surface area is 199 Å². The van der Waals surface area contributed by atoms with Crippen molar-refractivity contribution in [2.24, 2.45) is 5.92 Å². The van der Waals surface area contributed by atoms with Crippen LogP contribution < -0.4 is 14.2 Å². The first-order valence-corrected chi connectivity index (χ1v) is 10.6. The number of nitriles is 1. The Bertz CT molecular complexity index is 1230. The minimum Gasteiger partial charge on any atom is -0.457 e. The van der Waals surface area contributed by atoms with Gasteiger partial charge in [0.1, 0.15) is 28.8 Å². The monoisotopic (exact) mass is 487 g/mol. The summed E-state index contributed by atoms with van der Waals surface area (Å²) in [5.41, 5.74) is 0.627. The van der Waals surface area contributed by atoms with Crippen LogP contribution in [0.25, 0.3) is 0 Å². The number of rotatable bonds is 8. The first-order chi connectivity index (χ1) is 16.5. The van der Waals surface area contributed by atoms with Gasteiger partial charge in [-0.3, -0.25) is 4.79 Å². The number of carbonyl (C=O) groups excluding carboxylic acids is 1. The maximum absolute atomic E-state index is 13.1. The maximum Gasteiger partial charge on any atom is 0.573 e. The van der Waals surface area contributed by atoms with E-state index in [2.05, 4.69) is 4.74 Å². The number of halogens is 4. The summed E-state index contributed by atoms with van der Waals surface area (Å²) in [6.45, 7) is 3.67. The van der Waals surface area contributed by atoms with Crippen molar-refractivity contribution in [2.45, 2.75) is 33.1 Å². The number of nitrogens with zero attached hydrogens (tertiary/aromatic N) is 1. The molecule has 9 heteroatoms. The van der Waals surface area contributed by atoms with Gasteiger partial charge in [-0.05, 0) is 66.1 Å². The number of ether oxygens (including phenoxy) is 3. The van der Waals surface area contributed by atoms with Crippen LogP contribution in [0.4, 0.5) is 17.6 Å². The summed E-state index contributed by atoms with van der Waals surface area (Å²) in [4.78, 5) is 12.0. The number of carbonyl (C=O) groups is 1. The summed E-state index contributed by atoms with van der Waals surface area (Å²) < 4.78 is 66.9. The molecule has 0 spiro atoms. The van der Waals surface area contributed by atoms with Crippen LogP contribution in [-0.4, -0.2) is 12.3 Å². The molecule has 182 valence electrons. The van der Waals surface area contributed by atoms with Crippen LogP contribution in [0.15, 0.2) is 60.7 Å². The zero-order valence-electron chi connectivity index (χ0n) is 18.9. The Morgan fingerprint density at radius 3 is 2.23 bits per heavy atom. The Balaban J connectivity index is 1.89. The SMILES string of the molecule is CC(C)CC(=O)Oc1ccc(OC(F)(F)F)c(Cc2ccc(Oc3ccc(F)cc3)cc2C#N)c1. The zero-order valence-corrected chi connectivity index (χ0v) is 18.9. The molecule has 0 atom stereocenters. The van der Waals surface area contributed by atoms with Crippen LogP contribution in [0.2, 0.25) is 0 Å². The second kappa shape index (κ2) is 10.9. The van der Waals surface area contributed by atoms with E-state index in [9.17, 15) is 27.6 Å². The number of esters is 1. The Morgan fingerprint density at radius 1 is 0.943 bits per heavy atom. The van der Waals surface area contributed by atoms with Gasteiger partial charge in [-0.15, -0.1) is 13.2 Å². The number of hydrogen-bond donors (Lipinski definition) is 0. The molecule has 0 unspecified atom stereocenters. The van der Waals surface area contributed by atoms with Gasteiger partial charge in [0.05, 0.1) is 11.6 Å². The third-order valence-electron chi connectivity index (χ3n) is 4.70. The molecular formula is C26H21F4NO4. The van der Waals surface area contributed by atoms with Crippen molar-refractivity contribution in [1.82, 2.24) is 0 Å². The molecule has 3 aromatic rings. The van der Waals surface area contributed by atoms with Crippen molar-refractivity contribution in [3.8, 4) is 29.1 Å². The summed E-state index contributed by atoms with van der Waals surface area (Å²) >= 11 is 0. The summed E-state index contributed by atoms with van der Waals surface area (Å²) in [5.74, 6) is -0.676. The second-order valence-corrected chi connectivity index (χ2v) is 8.05. The zero-order chi connectivity index (χ0) is 25.6. The first-order valence-electron chi connectivity index (χ1n) is 10.6. The second-order valence-electron chi connectivity index (χ2n) is 8.05. The molecule has 0 aliphatic carbocycles. The van der Waals surface area contributed by atoms with Gasteiger partial charge in [0, 0.05) is 18.4 Å². The minimum atomic E-state index is -4.94. The van der Waals surface area contributed by atoms with E-state index in [1.54, 1.807) is 0 Å². The number of benzene rings is 3. The molecule has 0 saturated heterocycles. The van der Waals surface area contributed by atoms with Gasteiger partial charge in [-0.2, -0.15) is 5.26 Å². The maximum atomic E-state index is 13.1. The minimum absolute atomic E-state index is 0.0450. The van der Waals surface area contributed by atoms with Gasteiger partial charge in [0.15, 0.2) is 0 Å². The third-order valence-corrected chi connectivity index (χ3v) is 4.70. The van der Waals surface area contributed by atoms with Crippen LogP contribution in [-0.2, 0) is 11.2 Å². The van der Waals surface area contributed by atoms with Crippen molar-refractivity contribution in [3.63, 3.8) is 0 Å². The molecule has 0 heterocycles. The first kappa shape index (κ1) is 25.6. The molecule has 5 nitrogen and oxygen atoms in total. The normalized spacial score (nSPS) is 11.1. The van der Waals surface area contributed by atoms with Crippen molar-refractivity contribution in [2.75, 3.05) is 0 Å². The quantitative estimate of drug-likeness (QED) is 0.196. The standard InChI is InChI=1S/C26H21F4NO4/c1-16(2)11-25(32)34-23-9-10-24(35-26(28,29)30)18(13-23)12-17-3-6-22(14-19(17)15-31)33-21-7-4-20(27)5-8-21/h3-10,13-14,16H,11-12H2,1-2H3. The average Bonchev–Trinajstić information content (AvgIpc) is 2.76. The molecule has 0 aliphatic rings. The van der Waals surface area contributed by atoms with E-state index in [0.29, 0.717) is 17.1 Å². The summed E-state index contributed by atoms with van der Waals surface area (Å²) in [6.07, 6.45) is -4.90. The predicted molar refractivity (Wildman–Crippen MR) is 119 cm³/mol. The predicted octanol–water partition coefficient (Wildman–Crippen LogP) is 6.93. The summed E-state index contributed by atoms with van der Waals surface area (Å²) in [6, 6.07) is 15.3. The van der Waals surface area contributed by atoms with E-state index in [4.69, 9.17) is 9.47 Å². The van der Waals surface area contributed by atoms with Crippen LogP contribution in [0.1, 0.15) is 37.0 Å². The highest BCUT2D eigenvalue weighted by Gasteiger charge is 2.32. The lowest BCUT2D eigenvalue weighted by Crippen LogP contribution is -2.18. The van der Waals surface area contributed by atoms with Crippen LogP contribution in [0.3, 0.4) is 0 Å². The lowest BCUT2D eigenvalue weighted by molar-refractivity contribution is -0.274. The molecule has 3 rings (SSSR count). The van der Waals surface area contributed by atoms with Gasteiger partial charge < -0.3 is 14.2 Å². The number of hydrogen-bond acceptors (Lipinski definition) is 5. The topological polar surface area (TPSA) is 68.6 Å². The van der Waals surface area contributed by atoms with E-state index in [1.807, 2.05) is 19.9 Å². The van der Waals surface area contributed by atoms with Gasteiger partial charge >= 0.3 is 12.3 Å². The Kier molecular flexibility index (Phi) is 7.97. The fourth-order valence-electron chi connectivity index (χ4n) is 3.21. The van der Waals surface area contributed by atoms with Crippen molar-refractivity contribution in [1.29, 1.82) is 5.26 Å². The van der Waals surface area contributed by atoms with Crippen molar-refractivity contribution in [3.05, 3.63) is 83.2 Å². The molecule has 0 N–H and O–H groups in total. The third kappa shape index (κ3) is 7.74. The van der Waals surface area contributed by atoms with Crippen molar-refractivity contribution >= 4 is 5.97 Å². The molecule has 0 amide bonds. The van der Waals surface area contributed by atoms with E-state index < -0.39 is 23.9 Å². The highest BCUT2D eigenvalue weighted by atomic mass is 19.4. The smallest absolute Gasteiger partial charge is 0.457 e. The summed E-state index contributed by atoms with van der Waals surface area (Å²) in [5, 5.41) is 9.60. The Morgan fingerprint density at radius 2 is 1.60 bits per heavy atom. The van der Waals surface area contributed by atoms with E-state index in [-0.39, 0.29) is 35.6 Å². The highest BCUT2D eigenvalue weighted by Crippen LogP contribution is 2.33. The molecule has 35 heavy (non-hydrogen) atoms. The Hall–Kier alpha value is -4.06. The molecule has 0 aliphatic heterocycles. The van der Waals surface area contributed by atoms with Crippen LogP contribution >= 0.6 is 0 Å². The van der Waals surface area contributed by atoms with Gasteiger partial charge in [-0.1, -0.05) is 19.9 Å². The van der Waals surface area contributed by atoms with E-state index >= 15 is 0 Å². The number of alkyl halides is 3. The van der Waals surface area contributed by atoms with E-state index in [1.165, 1.54) is 54.6 Å². The van der Waals surface area contributed by atoms with Crippen molar-refractivity contribution < 1.29 is 36.6 Å². The molecule has 0 fully saturated rings. The molecule has 0 radical (unpaired) electrons. The largest absolute Gasteiger partial charge is 0.573 e. The van der Waals surface area contributed by atoms with Gasteiger partial charge in [0.2, 0.25) is 0 Å². The fourth-order valence-corrected chi connectivity index (χ4v) is 3.21. The summed E-state index contributed by atoms with van der Waals surface area (Å²) in [7, 11) is 0. The fraction of sp³-hybridized carbons (Fsp3) is 0.231. The molecular weight excluding hydrogens is 466 g/mol. The molecule has 0 bridgehead atoms. The van der Waals surface area contributed by atoms with E-state index in [0.717, 1.165) is 6.07 Å². The van der Waals surface area contributed by atoms with Crippen LogP contribution in [0, 0.1) is 23.1 Å². The molecule has 3 aromatic carbocycles. The molecule has 0 aromatic heterocycles.